The fraction of sp³-hybridized carbons (Fsp3) is 0.385. The standard InChI is InChI=1S/C13H13BrO/c1-15-13-7-9(14)6-12-10(8-2-3-8)4-5-11(12)13/h4,6-8H,2-3,5H2,1H3. The number of rotatable bonds is 2. The molecule has 0 N–H and O–H groups in total. The molecule has 0 aliphatic heterocycles. The van der Waals surface area contributed by atoms with Crippen LogP contribution < -0.4 is 4.74 Å². The summed E-state index contributed by atoms with van der Waals surface area (Å²) in [7, 11) is 1.75. The van der Waals surface area contributed by atoms with Crippen LogP contribution in [0.15, 0.2) is 22.7 Å². The number of allylic oxidation sites excluding steroid dienone is 2. The Morgan fingerprint density at radius 3 is 2.80 bits per heavy atom. The van der Waals surface area contributed by atoms with Crippen LogP contribution in [0.2, 0.25) is 0 Å². The van der Waals surface area contributed by atoms with Crippen molar-refractivity contribution in [3.05, 3.63) is 33.8 Å². The molecule has 1 aromatic carbocycles. The van der Waals surface area contributed by atoms with Crippen LogP contribution in [0, 0.1) is 5.92 Å². The van der Waals surface area contributed by atoms with Crippen molar-refractivity contribution in [2.75, 3.05) is 7.11 Å². The third kappa shape index (κ3) is 1.51. The minimum atomic E-state index is 0.824. The Labute approximate surface area is 98.3 Å². The zero-order chi connectivity index (χ0) is 10.4. The minimum absolute atomic E-state index is 0.824. The molecule has 15 heavy (non-hydrogen) atoms. The lowest BCUT2D eigenvalue weighted by atomic mass is 10.0. The van der Waals surface area contributed by atoms with Gasteiger partial charge in [-0.1, -0.05) is 22.0 Å². The van der Waals surface area contributed by atoms with Crippen LogP contribution in [0.1, 0.15) is 24.0 Å². The van der Waals surface area contributed by atoms with Crippen LogP contribution in [-0.4, -0.2) is 7.11 Å². The fourth-order valence-electron chi connectivity index (χ4n) is 2.36. The molecule has 0 aromatic heterocycles. The minimum Gasteiger partial charge on any atom is -0.496 e. The van der Waals surface area contributed by atoms with E-state index in [0.29, 0.717) is 0 Å². The van der Waals surface area contributed by atoms with Crippen molar-refractivity contribution in [1.82, 2.24) is 0 Å². The van der Waals surface area contributed by atoms with Crippen LogP contribution >= 0.6 is 15.9 Å². The van der Waals surface area contributed by atoms with Gasteiger partial charge in [0.05, 0.1) is 7.11 Å². The van der Waals surface area contributed by atoms with E-state index in [-0.39, 0.29) is 0 Å². The van der Waals surface area contributed by atoms with Gasteiger partial charge in [-0.25, -0.2) is 0 Å². The highest BCUT2D eigenvalue weighted by molar-refractivity contribution is 9.10. The molecule has 0 unspecified atom stereocenters. The molecule has 0 radical (unpaired) electrons. The van der Waals surface area contributed by atoms with Gasteiger partial charge in [0.1, 0.15) is 5.75 Å². The van der Waals surface area contributed by atoms with Crippen molar-refractivity contribution in [1.29, 1.82) is 0 Å². The molecule has 0 atom stereocenters. The normalized spacial score (nSPS) is 18.7. The number of hydrogen-bond donors (Lipinski definition) is 0. The van der Waals surface area contributed by atoms with Crippen molar-refractivity contribution in [3.63, 3.8) is 0 Å². The summed E-state index contributed by atoms with van der Waals surface area (Å²) in [6.45, 7) is 0. The van der Waals surface area contributed by atoms with Crippen molar-refractivity contribution < 1.29 is 4.74 Å². The monoisotopic (exact) mass is 264 g/mol. The van der Waals surface area contributed by atoms with Gasteiger partial charge in [0, 0.05) is 10.0 Å². The van der Waals surface area contributed by atoms with Gasteiger partial charge in [0.25, 0.3) is 0 Å². The Hall–Kier alpha value is -0.760. The summed E-state index contributed by atoms with van der Waals surface area (Å²) in [5.74, 6) is 1.84. The fourth-order valence-corrected chi connectivity index (χ4v) is 2.80. The molecule has 0 heterocycles. The Bertz CT molecular complexity index is 444. The first-order valence-corrected chi connectivity index (χ1v) is 6.15. The van der Waals surface area contributed by atoms with Crippen molar-refractivity contribution >= 4 is 21.5 Å². The summed E-state index contributed by atoms with van der Waals surface area (Å²) in [6, 6.07) is 4.29. The van der Waals surface area contributed by atoms with Gasteiger partial charge in [-0.15, -0.1) is 0 Å². The molecule has 3 rings (SSSR count). The molecule has 0 amide bonds. The lowest BCUT2D eigenvalue weighted by Crippen LogP contribution is -1.93. The zero-order valence-corrected chi connectivity index (χ0v) is 10.3. The molecular weight excluding hydrogens is 252 g/mol. The van der Waals surface area contributed by atoms with E-state index in [2.05, 4.69) is 34.1 Å². The maximum absolute atomic E-state index is 5.42. The third-order valence-electron chi connectivity index (χ3n) is 3.25. The lowest BCUT2D eigenvalue weighted by Gasteiger charge is -2.10. The molecular formula is C13H13BrO. The largest absolute Gasteiger partial charge is 0.496 e. The van der Waals surface area contributed by atoms with Crippen LogP contribution in [0.5, 0.6) is 5.75 Å². The van der Waals surface area contributed by atoms with Gasteiger partial charge in [-0.05, 0) is 48.4 Å². The average Bonchev–Trinajstić information content (AvgIpc) is 2.98. The molecule has 2 aliphatic rings. The average molecular weight is 265 g/mol. The topological polar surface area (TPSA) is 9.23 Å². The quantitative estimate of drug-likeness (QED) is 0.790. The van der Waals surface area contributed by atoms with Crippen LogP contribution in [0.3, 0.4) is 0 Å². The van der Waals surface area contributed by atoms with Gasteiger partial charge >= 0.3 is 0 Å². The van der Waals surface area contributed by atoms with E-state index >= 15 is 0 Å². The Kier molecular flexibility index (Phi) is 2.13. The van der Waals surface area contributed by atoms with Gasteiger partial charge in [0.2, 0.25) is 0 Å². The molecule has 1 saturated carbocycles. The molecule has 78 valence electrons. The maximum atomic E-state index is 5.42. The first-order chi connectivity index (χ1) is 7.29. The Balaban J connectivity index is 2.11. The highest BCUT2D eigenvalue weighted by Crippen LogP contribution is 2.48. The molecule has 0 spiro atoms. The van der Waals surface area contributed by atoms with E-state index in [1.807, 2.05) is 0 Å². The molecule has 2 heteroatoms. The molecule has 1 fully saturated rings. The summed E-state index contributed by atoms with van der Waals surface area (Å²) < 4.78 is 6.54. The number of benzene rings is 1. The Morgan fingerprint density at radius 2 is 2.13 bits per heavy atom. The number of hydrogen-bond acceptors (Lipinski definition) is 1. The van der Waals surface area contributed by atoms with E-state index in [1.165, 1.54) is 24.0 Å². The molecule has 1 nitrogen and oxygen atoms in total. The van der Waals surface area contributed by atoms with E-state index in [4.69, 9.17) is 4.74 Å². The highest BCUT2D eigenvalue weighted by atomic mass is 79.9. The van der Waals surface area contributed by atoms with E-state index in [0.717, 1.165) is 22.6 Å². The first-order valence-electron chi connectivity index (χ1n) is 5.36. The second-order valence-corrected chi connectivity index (χ2v) is 5.19. The second-order valence-electron chi connectivity index (χ2n) is 4.27. The van der Waals surface area contributed by atoms with Crippen molar-refractivity contribution in [2.45, 2.75) is 19.3 Å². The lowest BCUT2D eigenvalue weighted by molar-refractivity contribution is 0.410. The van der Waals surface area contributed by atoms with Gasteiger partial charge < -0.3 is 4.74 Å². The summed E-state index contributed by atoms with van der Waals surface area (Å²) in [5, 5.41) is 0. The SMILES string of the molecule is COc1cc(Br)cc2c1CC=C2C1CC1. The number of ether oxygens (including phenoxy) is 1. The van der Waals surface area contributed by atoms with Gasteiger partial charge in [0.15, 0.2) is 0 Å². The van der Waals surface area contributed by atoms with E-state index < -0.39 is 0 Å². The molecule has 0 bridgehead atoms. The summed E-state index contributed by atoms with van der Waals surface area (Å²) in [4.78, 5) is 0. The van der Waals surface area contributed by atoms with Crippen LogP contribution in [-0.2, 0) is 6.42 Å². The van der Waals surface area contributed by atoms with Crippen LogP contribution in [0.25, 0.3) is 5.57 Å². The number of methoxy groups -OCH3 is 1. The number of fused-ring (bicyclic) bond motifs is 1. The maximum Gasteiger partial charge on any atom is 0.124 e. The third-order valence-corrected chi connectivity index (χ3v) is 3.71. The number of halogens is 1. The Morgan fingerprint density at radius 1 is 1.33 bits per heavy atom. The van der Waals surface area contributed by atoms with Gasteiger partial charge in [-0.2, -0.15) is 0 Å². The molecule has 1 aromatic rings. The first kappa shape index (κ1) is 9.46. The smallest absolute Gasteiger partial charge is 0.124 e. The predicted octanol–water partition coefficient (Wildman–Crippen LogP) is 3.81. The van der Waals surface area contributed by atoms with Crippen LogP contribution in [0.4, 0.5) is 0 Å². The van der Waals surface area contributed by atoms with Crippen molar-refractivity contribution in [3.8, 4) is 5.75 Å². The van der Waals surface area contributed by atoms with Crippen molar-refractivity contribution in [2.24, 2.45) is 5.92 Å². The summed E-state index contributed by atoms with van der Waals surface area (Å²) in [6.07, 6.45) is 6.13. The van der Waals surface area contributed by atoms with Gasteiger partial charge in [-0.3, -0.25) is 0 Å². The summed E-state index contributed by atoms with van der Waals surface area (Å²) in [5.41, 5.74) is 4.32. The van der Waals surface area contributed by atoms with E-state index in [9.17, 15) is 0 Å². The molecule has 0 saturated heterocycles. The second kappa shape index (κ2) is 3.38. The summed E-state index contributed by atoms with van der Waals surface area (Å²) >= 11 is 3.55. The van der Waals surface area contributed by atoms with E-state index in [1.54, 1.807) is 12.7 Å². The molecule has 2 aliphatic carbocycles. The highest BCUT2D eigenvalue weighted by Gasteiger charge is 2.31. The zero-order valence-electron chi connectivity index (χ0n) is 8.72. The predicted molar refractivity (Wildman–Crippen MR) is 65.1 cm³/mol.